The van der Waals surface area contributed by atoms with E-state index in [2.05, 4.69) is 10.3 Å². The van der Waals surface area contributed by atoms with Crippen molar-refractivity contribution in [2.75, 3.05) is 11.6 Å². The third kappa shape index (κ3) is 3.27. The molecule has 4 rings (SSSR count). The molecule has 7 heteroatoms. The fourth-order valence-electron chi connectivity index (χ4n) is 2.80. The second-order valence-corrected chi connectivity index (χ2v) is 7.42. The van der Waals surface area contributed by atoms with Crippen molar-refractivity contribution in [2.45, 2.75) is 4.90 Å². The van der Waals surface area contributed by atoms with Gasteiger partial charge in [0.25, 0.3) is 11.5 Å². The molecule has 0 fully saturated rings. The van der Waals surface area contributed by atoms with Crippen LogP contribution in [0.25, 0.3) is 16.2 Å². The number of fused-ring (bicyclic) bond motifs is 1. The van der Waals surface area contributed by atoms with Gasteiger partial charge in [0.05, 0.1) is 11.4 Å². The first-order chi connectivity index (χ1) is 13.2. The van der Waals surface area contributed by atoms with Crippen molar-refractivity contribution in [2.24, 2.45) is 0 Å². The maximum atomic E-state index is 13.0. The van der Waals surface area contributed by atoms with Gasteiger partial charge in [-0.3, -0.25) is 14.0 Å². The molecule has 5 nitrogen and oxygen atoms in total. The molecular weight excluding hydrogens is 378 g/mol. The monoisotopic (exact) mass is 393 g/mol. The molecule has 4 aromatic rings. The summed E-state index contributed by atoms with van der Waals surface area (Å²) in [4.78, 5) is 31.6. The minimum atomic E-state index is -0.464. The van der Waals surface area contributed by atoms with E-state index in [-0.39, 0.29) is 11.1 Å². The number of para-hydroxylation sites is 1. The second kappa shape index (κ2) is 7.38. The van der Waals surface area contributed by atoms with E-state index in [9.17, 15) is 9.59 Å². The summed E-state index contributed by atoms with van der Waals surface area (Å²) in [5.74, 6) is -0.464. The number of anilines is 1. The van der Waals surface area contributed by atoms with Gasteiger partial charge in [-0.05, 0) is 24.0 Å². The Balaban J connectivity index is 1.78. The predicted molar refractivity (Wildman–Crippen MR) is 111 cm³/mol. The average Bonchev–Trinajstić information content (AvgIpc) is 3.14. The van der Waals surface area contributed by atoms with Crippen LogP contribution in [0, 0.1) is 0 Å². The molecule has 0 aliphatic rings. The summed E-state index contributed by atoms with van der Waals surface area (Å²) in [6.07, 6.45) is 3.28. The van der Waals surface area contributed by atoms with E-state index >= 15 is 0 Å². The third-order valence-electron chi connectivity index (χ3n) is 4.12. The van der Waals surface area contributed by atoms with E-state index in [1.807, 2.05) is 66.2 Å². The first-order valence-electron chi connectivity index (χ1n) is 8.18. The van der Waals surface area contributed by atoms with E-state index in [1.165, 1.54) is 33.7 Å². The highest BCUT2D eigenvalue weighted by Gasteiger charge is 2.18. The number of amides is 1. The number of nitrogens with one attached hydrogen (secondary N) is 1. The molecule has 0 spiro atoms. The lowest BCUT2D eigenvalue weighted by Gasteiger charge is -2.09. The molecule has 0 saturated heterocycles. The maximum absolute atomic E-state index is 13.0. The molecule has 0 saturated carbocycles. The highest BCUT2D eigenvalue weighted by Crippen LogP contribution is 2.26. The number of nitrogens with zero attached hydrogens (tertiary/aromatic N) is 2. The zero-order chi connectivity index (χ0) is 18.8. The quantitative estimate of drug-likeness (QED) is 0.522. The van der Waals surface area contributed by atoms with Crippen LogP contribution < -0.4 is 10.9 Å². The molecule has 0 radical (unpaired) electrons. The Labute approximate surface area is 163 Å². The molecule has 27 heavy (non-hydrogen) atoms. The summed E-state index contributed by atoms with van der Waals surface area (Å²) in [5, 5.41) is 4.70. The van der Waals surface area contributed by atoms with Gasteiger partial charge in [0.2, 0.25) is 0 Å². The zero-order valence-electron chi connectivity index (χ0n) is 14.4. The molecule has 0 aliphatic heterocycles. The number of benzene rings is 2. The Bertz CT molecular complexity index is 1180. The lowest BCUT2D eigenvalue weighted by Crippen LogP contribution is -2.26. The average molecular weight is 393 g/mol. The lowest BCUT2D eigenvalue weighted by atomic mass is 10.2. The normalized spacial score (nSPS) is 10.9. The van der Waals surface area contributed by atoms with Crippen LogP contribution in [0.4, 0.5) is 5.69 Å². The Morgan fingerprint density at radius 2 is 1.85 bits per heavy atom. The summed E-state index contributed by atoms with van der Waals surface area (Å²) in [7, 11) is 0. The number of hydrogen-bond donors (Lipinski definition) is 1. The fraction of sp³-hybridized carbons (Fsp3) is 0.0500. The highest BCUT2D eigenvalue weighted by molar-refractivity contribution is 7.98. The van der Waals surface area contributed by atoms with E-state index in [4.69, 9.17) is 0 Å². The van der Waals surface area contributed by atoms with Crippen molar-refractivity contribution in [1.29, 1.82) is 0 Å². The van der Waals surface area contributed by atoms with Gasteiger partial charge in [-0.1, -0.05) is 42.5 Å². The van der Waals surface area contributed by atoms with Crippen LogP contribution >= 0.6 is 23.1 Å². The second-order valence-electron chi connectivity index (χ2n) is 5.74. The van der Waals surface area contributed by atoms with Gasteiger partial charge in [-0.25, -0.2) is 4.98 Å². The van der Waals surface area contributed by atoms with Crippen LogP contribution in [0.5, 0.6) is 0 Å². The van der Waals surface area contributed by atoms with Crippen molar-refractivity contribution in [1.82, 2.24) is 9.38 Å². The zero-order valence-corrected chi connectivity index (χ0v) is 16.0. The smallest absolute Gasteiger partial charge is 0.271 e. The van der Waals surface area contributed by atoms with E-state index in [0.717, 1.165) is 16.2 Å². The van der Waals surface area contributed by atoms with Crippen molar-refractivity contribution < 1.29 is 4.79 Å². The fourth-order valence-corrected chi connectivity index (χ4v) is 4.21. The lowest BCUT2D eigenvalue weighted by molar-refractivity contribution is 0.102. The van der Waals surface area contributed by atoms with Gasteiger partial charge in [0.1, 0.15) is 5.56 Å². The number of aromatic nitrogens is 2. The van der Waals surface area contributed by atoms with Crippen molar-refractivity contribution in [3.05, 3.63) is 82.1 Å². The molecule has 134 valence electrons. The summed E-state index contributed by atoms with van der Waals surface area (Å²) in [6.45, 7) is 0. The Kier molecular flexibility index (Phi) is 4.79. The summed E-state index contributed by atoms with van der Waals surface area (Å²) in [5.41, 5.74) is 1.94. The van der Waals surface area contributed by atoms with Gasteiger partial charge < -0.3 is 5.32 Å². The Morgan fingerprint density at radius 3 is 2.63 bits per heavy atom. The van der Waals surface area contributed by atoms with E-state index < -0.39 is 5.91 Å². The molecule has 2 aromatic heterocycles. The Morgan fingerprint density at radius 1 is 1.11 bits per heavy atom. The molecule has 0 unspecified atom stereocenters. The van der Waals surface area contributed by atoms with Gasteiger partial charge >= 0.3 is 0 Å². The first-order valence-corrected chi connectivity index (χ1v) is 10.3. The van der Waals surface area contributed by atoms with Crippen molar-refractivity contribution in [3.63, 3.8) is 0 Å². The summed E-state index contributed by atoms with van der Waals surface area (Å²) in [6, 6.07) is 17.1. The molecule has 0 atom stereocenters. The van der Waals surface area contributed by atoms with Crippen LogP contribution in [0.2, 0.25) is 0 Å². The molecule has 2 heterocycles. The van der Waals surface area contributed by atoms with Crippen molar-refractivity contribution in [3.8, 4) is 11.3 Å². The van der Waals surface area contributed by atoms with E-state index in [1.54, 1.807) is 0 Å². The highest BCUT2D eigenvalue weighted by atomic mass is 32.2. The van der Waals surface area contributed by atoms with E-state index in [0.29, 0.717) is 10.6 Å². The first kappa shape index (κ1) is 17.5. The molecular formula is C20H15N3O2S2. The minimum absolute atomic E-state index is 0.0130. The Hall–Kier alpha value is -2.90. The molecule has 0 bridgehead atoms. The molecule has 0 aliphatic carbocycles. The molecule has 1 N–H and O–H groups in total. The largest absolute Gasteiger partial charge is 0.321 e. The SMILES string of the molecule is CSc1ccccc1NC(=O)c1cnc2scc(-c3ccccc3)n2c1=O. The van der Waals surface area contributed by atoms with Gasteiger partial charge in [-0.2, -0.15) is 0 Å². The number of thioether (sulfide) groups is 1. The molecule has 1 amide bonds. The minimum Gasteiger partial charge on any atom is -0.321 e. The number of carbonyl (C=O) groups is 1. The van der Waals surface area contributed by atoms with Gasteiger partial charge in [0.15, 0.2) is 4.96 Å². The third-order valence-corrected chi connectivity index (χ3v) is 5.75. The van der Waals surface area contributed by atoms with Crippen LogP contribution in [0.15, 0.2) is 75.9 Å². The van der Waals surface area contributed by atoms with Gasteiger partial charge in [-0.15, -0.1) is 23.1 Å². The number of thiazole rings is 1. The van der Waals surface area contributed by atoms with Crippen LogP contribution in [0.1, 0.15) is 10.4 Å². The van der Waals surface area contributed by atoms with Crippen molar-refractivity contribution >= 4 is 39.7 Å². The number of carbonyl (C=O) groups excluding carboxylic acids is 1. The standard InChI is InChI=1S/C20H15N3O2S2/c1-26-17-10-6-5-9-15(17)22-18(24)14-11-21-20-23(19(14)25)16(12-27-20)13-7-3-2-4-8-13/h2-12H,1H3,(H,22,24). The van der Waals surface area contributed by atoms with Crippen LogP contribution in [0.3, 0.4) is 0 Å². The predicted octanol–water partition coefficient (Wildman–Crippen LogP) is 4.40. The summed E-state index contributed by atoms with van der Waals surface area (Å²) >= 11 is 2.90. The van der Waals surface area contributed by atoms with Crippen LogP contribution in [-0.2, 0) is 0 Å². The maximum Gasteiger partial charge on any atom is 0.271 e. The van der Waals surface area contributed by atoms with Crippen LogP contribution in [-0.4, -0.2) is 21.5 Å². The molecule has 2 aromatic carbocycles. The number of rotatable bonds is 4. The number of hydrogen-bond acceptors (Lipinski definition) is 5. The van der Waals surface area contributed by atoms with Gasteiger partial charge in [0, 0.05) is 16.5 Å². The topological polar surface area (TPSA) is 63.5 Å². The summed E-state index contributed by atoms with van der Waals surface area (Å²) < 4.78 is 1.50.